The molecule has 23 heavy (non-hydrogen) atoms. The van der Waals surface area contributed by atoms with Gasteiger partial charge in [0.25, 0.3) is 5.91 Å². The highest BCUT2D eigenvalue weighted by Gasteiger charge is 2.21. The van der Waals surface area contributed by atoms with E-state index in [1.54, 1.807) is 0 Å². The zero-order chi connectivity index (χ0) is 16.0. The number of para-hydroxylation sites is 2. The third-order valence-corrected chi connectivity index (χ3v) is 3.95. The molecule has 2 N–H and O–H groups in total. The van der Waals surface area contributed by atoms with E-state index in [-0.39, 0.29) is 5.76 Å². The second kappa shape index (κ2) is 4.95. The summed E-state index contributed by atoms with van der Waals surface area (Å²) in [5.74, 6) is -0.414. The van der Waals surface area contributed by atoms with Crippen LogP contribution < -0.4 is 5.73 Å². The highest BCUT2D eigenvalue weighted by Crippen LogP contribution is 2.37. The summed E-state index contributed by atoms with van der Waals surface area (Å²) < 4.78 is 5.69. The summed E-state index contributed by atoms with van der Waals surface area (Å²) in [6.07, 6.45) is 0. The molecule has 2 heterocycles. The van der Waals surface area contributed by atoms with Crippen molar-refractivity contribution in [2.24, 2.45) is 5.73 Å². The van der Waals surface area contributed by atoms with Gasteiger partial charge >= 0.3 is 0 Å². The van der Waals surface area contributed by atoms with Crippen LogP contribution in [-0.4, -0.2) is 10.9 Å². The zero-order valence-corrected chi connectivity index (χ0v) is 12.5. The summed E-state index contributed by atoms with van der Waals surface area (Å²) >= 11 is 0. The number of hydrogen-bond donors (Lipinski definition) is 1. The average molecular weight is 302 g/mol. The summed E-state index contributed by atoms with van der Waals surface area (Å²) in [6, 6.07) is 17.4. The lowest BCUT2D eigenvalue weighted by Gasteiger charge is -2.07. The van der Waals surface area contributed by atoms with E-state index in [9.17, 15) is 4.79 Å². The Morgan fingerprint density at radius 1 is 1.04 bits per heavy atom. The van der Waals surface area contributed by atoms with E-state index in [4.69, 9.17) is 10.2 Å². The second-order valence-corrected chi connectivity index (χ2v) is 5.50. The average Bonchev–Trinajstić information content (AvgIpc) is 2.94. The molecule has 0 unspecified atom stereocenters. The summed E-state index contributed by atoms with van der Waals surface area (Å²) in [4.78, 5) is 16.5. The number of carbonyl (C=O) groups is 1. The van der Waals surface area contributed by atoms with E-state index in [0.29, 0.717) is 11.1 Å². The molecule has 0 saturated heterocycles. The Labute approximate surface area is 132 Å². The van der Waals surface area contributed by atoms with E-state index < -0.39 is 5.91 Å². The van der Waals surface area contributed by atoms with E-state index in [0.717, 1.165) is 27.5 Å². The van der Waals surface area contributed by atoms with Crippen molar-refractivity contribution in [3.05, 3.63) is 66.1 Å². The van der Waals surface area contributed by atoms with Crippen LogP contribution in [0, 0.1) is 6.92 Å². The zero-order valence-electron chi connectivity index (χ0n) is 12.5. The lowest BCUT2D eigenvalue weighted by molar-refractivity contribution is 0.0977. The molecule has 4 nitrogen and oxygen atoms in total. The van der Waals surface area contributed by atoms with Crippen molar-refractivity contribution < 1.29 is 9.21 Å². The number of nitrogens with two attached hydrogens (primary N) is 1. The predicted octanol–water partition coefficient (Wildman–Crippen LogP) is 4.06. The minimum absolute atomic E-state index is 0.169. The number of hydrogen-bond acceptors (Lipinski definition) is 3. The Bertz CT molecular complexity index is 1060. The number of primary amides is 1. The first-order valence-corrected chi connectivity index (χ1v) is 7.33. The van der Waals surface area contributed by atoms with Crippen LogP contribution in [-0.2, 0) is 0 Å². The Kier molecular flexibility index (Phi) is 2.91. The van der Waals surface area contributed by atoms with Gasteiger partial charge in [0.15, 0.2) is 5.76 Å². The third kappa shape index (κ3) is 2.07. The molecule has 0 atom stereocenters. The van der Waals surface area contributed by atoms with E-state index in [1.807, 2.05) is 61.5 Å². The molecule has 4 rings (SSSR count). The molecular weight excluding hydrogens is 288 g/mol. The minimum atomic E-state index is -0.583. The Balaban J connectivity index is 2.16. The first-order chi connectivity index (χ1) is 11.1. The van der Waals surface area contributed by atoms with E-state index in [2.05, 4.69) is 4.98 Å². The van der Waals surface area contributed by atoms with Crippen molar-refractivity contribution in [3.63, 3.8) is 0 Å². The van der Waals surface area contributed by atoms with Crippen LogP contribution in [0.5, 0.6) is 0 Å². The maximum atomic E-state index is 11.9. The number of carbonyl (C=O) groups excluding carboxylic acids is 1. The number of nitrogens with zero attached hydrogens (tertiary/aromatic N) is 1. The molecule has 0 aliphatic carbocycles. The summed E-state index contributed by atoms with van der Waals surface area (Å²) in [6.45, 7) is 1.94. The van der Waals surface area contributed by atoms with Crippen molar-refractivity contribution in [1.29, 1.82) is 0 Å². The molecule has 0 radical (unpaired) electrons. The van der Waals surface area contributed by atoms with Crippen LogP contribution in [0.3, 0.4) is 0 Å². The van der Waals surface area contributed by atoms with Gasteiger partial charge in [0.05, 0.1) is 5.52 Å². The van der Waals surface area contributed by atoms with Gasteiger partial charge in [-0.3, -0.25) is 9.78 Å². The van der Waals surface area contributed by atoms with E-state index in [1.165, 1.54) is 0 Å². The van der Waals surface area contributed by atoms with Gasteiger partial charge in [-0.25, -0.2) is 0 Å². The first kappa shape index (κ1) is 13.5. The summed E-state index contributed by atoms with van der Waals surface area (Å²) in [7, 11) is 0. The van der Waals surface area contributed by atoms with Crippen LogP contribution in [0.25, 0.3) is 33.0 Å². The number of furan rings is 1. The Hall–Kier alpha value is -3.14. The maximum Gasteiger partial charge on any atom is 0.285 e. The number of rotatable bonds is 2. The van der Waals surface area contributed by atoms with Crippen molar-refractivity contribution in [3.8, 4) is 11.1 Å². The van der Waals surface area contributed by atoms with Crippen molar-refractivity contribution in [1.82, 2.24) is 4.98 Å². The molecule has 0 saturated carbocycles. The maximum absolute atomic E-state index is 11.9. The second-order valence-electron chi connectivity index (χ2n) is 5.50. The predicted molar refractivity (Wildman–Crippen MR) is 90.2 cm³/mol. The SMILES string of the molecule is Cc1ccc2cccc(-c3c(C(N)=O)oc4ccccc34)c2n1. The standard InChI is InChI=1S/C19H14N2O2/c1-11-9-10-12-5-4-7-14(17(12)21-11)16-13-6-2-3-8-15(13)23-18(16)19(20)22/h2-10H,1H3,(H2,20,22). The molecule has 0 aliphatic heterocycles. The third-order valence-electron chi connectivity index (χ3n) is 3.95. The normalized spacial score (nSPS) is 11.2. The fourth-order valence-electron chi connectivity index (χ4n) is 2.93. The lowest BCUT2D eigenvalue weighted by Crippen LogP contribution is -2.11. The van der Waals surface area contributed by atoms with Gasteiger partial charge in [0.1, 0.15) is 5.58 Å². The number of fused-ring (bicyclic) bond motifs is 2. The molecule has 2 aromatic heterocycles. The van der Waals surface area contributed by atoms with Crippen LogP contribution in [0.2, 0.25) is 0 Å². The molecule has 0 fully saturated rings. The molecule has 1 amide bonds. The monoisotopic (exact) mass is 302 g/mol. The quantitative estimate of drug-likeness (QED) is 0.607. The first-order valence-electron chi connectivity index (χ1n) is 7.33. The number of amides is 1. The lowest BCUT2D eigenvalue weighted by atomic mass is 9.98. The summed E-state index contributed by atoms with van der Waals surface area (Å²) in [5.41, 5.74) is 9.48. The fourth-order valence-corrected chi connectivity index (χ4v) is 2.93. The van der Waals surface area contributed by atoms with Gasteiger partial charge in [-0.05, 0) is 19.1 Å². The molecule has 0 bridgehead atoms. The smallest absolute Gasteiger partial charge is 0.285 e. The van der Waals surface area contributed by atoms with Gasteiger partial charge in [-0.1, -0.05) is 42.5 Å². The highest BCUT2D eigenvalue weighted by atomic mass is 16.3. The molecule has 2 aromatic carbocycles. The van der Waals surface area contributed by atoms with Crippen LogP contribution in [0.15, 0.2) is 59.0 Å². The molecular formula is C19H14N2O2. The molecule has 0 spiro atoms. The van der Waals surface area contributed by atoms with Crippen LogP contribution in [0.4, 0.5) is 0 Å². The molecule has 112 valence electrons. The number of aromatic nitrogens is 1. The van der Waals surface area contributed by atoms with Gasteiger partial charge in [0.2, 0.25) is 0 Å². The number of benzene rings is 2. The van der Waals surface area contributed by atoms with Crippen LogP contribution in [0.1, 0.15) is 16.2 Å². The Morgan fingerprint density at radius 3 is 2.70 bits per heavy atom. The topological polar surface area (TPSA) is 69.1 Å². The largest absolute Gasteiger partial charge is 0.450 e. The van der Waals surface area contributed by atoms with Crippen molar-refractivity contribution in [2.75, 3.05) is 0 Å². The Morgan fingerprint density at radius 2 is 1.87 bits per heavy atom. The minimum Gasteiger partial charge on any atom is -0.450 e. The van der Waals surface area contributed by atoms with Gasteiger partial charge in [-0.15, -0.1) is 0 Å². The molecule has 4 aromatic rings. The van der Waals surface area contributed by atoms with Gasteiger partial charge < -0.3 is 10.2 Å². The highest BCUT2D eigenvalue weighted by molar-refractivity contribution is 6.11. The summed E-state index contributed by atoms with van der Waals surface area (Å²) in [5, 5.41) is 1.87. The van der Waals surface area contributed by atoms with Crippen molar-refractivity contribution >= 4 is 27.8 Å². The number of aryl methyl sites for hydroxylation is 1. The molecule has 0 aliphatic rings. The van der Waals surface area contributed by atoms with Gasteiger partial charge in [0, 0.05) is 27.6 Å². The number of pyridine rings is 1. The van der Waals surface area contributed by atoms with Crippen LogP contribution >= 0.6 is 0 Å². The van der Waals surface area contributed by atoms with E-state index >= 15 is 0 Å². The molecule has 4 heteroatoms. The fraction of sp³-hybridized carbons (Fsp3) is 0.0526. The van der Waals surface area contributed by atoms with Crippen molar-refractivity contribution in [2.45, 2.75) is 6.92 Å². The van der Waals surface area contributed by atoms with Gasteiger partial charge in [-0.2, -0.15) is 0 Å².